The molecule has 0 aromatic carbocycles. The zero-order valence-corrected chi connectivity index (χ0v) is 19.9. The Balaban J connectivity index is 2.74. The van der Waals surface area contributed by atoms with Crippen LogP contribution in [0.25, 0.3) is 0 Å². The van der Waals surface area contributed by atoms with Crippen molar-refractivity contribution in [2.45, 2.75) is 63.2 Å². The number of carboxylic acid groups (broad SMARTS) is 1. The van der Waals surface area contributed by atoms with Crippen molar-refractivity contribution in [3.8, 4) is 0 Å². The van der Waals surface area contributed by atoms with E-state index in [4.69, 9.17) is 22.9 Å². The predicted octanol–water partition coefficient (Wildman–Crippen LogP) is -3.84. The van der Waals surface area contributed by atoms with E-state index in [0.29, 0.717) is 12.1 Å². The molecule has 16 heteroatoms. The number of aromatic nitrogens is 2. The van der Waals surface area contributed by atoms with Crippen LogP contribution < -0.4 is 38.9 Å². The van der Waals surface area contributed by atoms with Gasteiger partial charge in [0.1, 0.15) is 18.1 Å². The minimum absolute atomic E-state index is 0.0554. The topological polar surface area (TPSA) is 287 Å². The van der Waals surface area contributed by atoms with Crippen LogP contribution in [0.2, 0.25) is 0 Å². The maximum absolute atomic E-state index is 12.8. The van der Waals surface area contributed by atoms with E-state index >= 15 is 0 Å². The Morgan fingerprint density at radius 2 is 1.69 bits per heavy atom. The second-order valence-corrected chi connectivity index (χ2v) is 8.03. The van der Waals surface area contributed by atoms with Crippen molar-refractivity contribution >= 4 is 35.6 Å². The minimum Gasteiger partial charge on any atom is -0.480 e. The third kappa shape index (κ3) is 11.3. The average molecular weight is 511 g/mol. The molecule has 0 bridgehead atoms. The number of H-pyrrole nitrogens is 1. The van der Waals surface area contributed by atoms with Crippen LogP contribution in [-0.4, -0.2) is 81.3 Å². The molecular formula is C20H34N10O6. The van der Waals surface area contributed by atoms with Gasteiger partial charge in [-0.1, -0.05) is 0 Å². The van der Waals surface area contributed by atoms with Gasteiger partial charge in [0.2, 0.25) is 23.6 Å². The maximum atomic E-state index is 12.8. The van der Waals surface area contributed by atoms with Crippen molar-refractivity contribution < 1.29 is 29.1 Å². The summed E-state index contributed by atoms with van der Waals surface area (Å²) < 4.78 is 0. The molecule has 16 nitrogen and oxygen atoms in total. The molecule has 4 amide bonds. The predicted molar refractivity (Wildman–Crippen MR) is 128 cm³/mol. The van der Waals surface area contributed by atoms with Gasteiger partial charge in [-0.3, -0.25) is 24.2 Å². The second kappa shape index (κ2) is 14.9. The number of amides is 4. The lowest BCUT2D eigenvalue weighted by molar-refractivity contribution is -0.142. The molecule has 4 unspecified atom stereocenters. The van der Waals surface area contributed by atoms with E-state index in [2.05, 4.69) is 30.9 Å². The van der Waals surface area contributed by atoms with E-state index in [0.717, 1.165) is 0 Å². The molecule has 13 N–H and O–H groups in total. The molecule has 0 aliphatic rings. The summed E-state index contributed by atoms with van der Waals surface area (Å²) in [4.78, 5) is 70.8. The van der Waals surface area contributed by atoms with Crippen LogP contribution >= 0.6 is 0 Å². The quantitative estimate of drug-likeness (QED) is 0.0592. The Bertz CT molecular complexity index is 931. The maximum Gasteiger partial charge on any atom is 0.326 e. The van der Waals surface area contributed by atoms with Gasteiger partial charge in [0, 0.05) is 31.3 Å². The lowest BCUT2D eigenvalue weighted by Gasteiger charge is -2.23. The highest BCUT2D eigenvalue weighted by atomic mass is 16.4. The van der Waals surface area contributed by atoms with Crippen molar-refractivity contribution in [2.24, 2.45) is 27.9 Å². The van der Waals surface area contributed by atoms with Gasteiger partial charge in [-0.25, -0.2) is 9.78 Å². The number of hydrogen-bond acceptors (Lipinski definition) is 8. The fraction of sp³-hybridized carbons (Fsp3) is 0.550. The first-order chi connectivity index (χ1) is 16.9. The molecule has 0 saturated heterocycles. The van der Waals surface area contributed by atoms with Crippen molar-refractivity contribution in [3.05, 3.63) is 18.2 Å². The molecule has 1 rings (SSSR count). The van der Waals surface area contributed by atoms with Crippen molar-refractivity contribution in [1.29, 1.82) is 0 Å². The summed E-state index contributed by atoms with van der Waals surface area (Å²) in [5.74, 6) is -4.28. The third-order valence-electron chi connectivity index (χ3n) is 4.96. The Morgan fingerprint density at radius 1 is 1.03 bits per heavy atom. The van der Waals surface area contributed by atoms with Crippen LogP contribution in [0, 0.1) is 0 Å². The number of guanidine groups is 1. The molecular weight excluding hydrogens is 476 g/mol. The number of hydrogen-bond donors (Lipinski definition) is 9. The number of imidazole rings is 1. The third-order valence-corrected chi connectivity index (χ3v) is 4.96. The summed E-state index contributed by atoms with van der Waals surface area (Å²) in [6, 6.07) is -4.64. The van der Waals surface area contributed by atoms with Gasteiger partial charge < -0.3 is 49.0 Å². The van der Waals surface area contributed by atoms with Crippen LogP contribution in [0.1, 0.15) is 38.3 Å². The van der Waals surface area contributed by atoms with Crippen LogP contribution in [-0.2, 0) is 30.4 Å². The molecule has 1 aromatic heterocycles. The van der Waals surface area contributed by atoms with Gasteiger partial charge in [0.05, 0.1) is 12.4 Å². The van der Waals surface area contributed by atoms with Gasteiger partial charge in [-0.05, 0) is 26.2 Å². The number of aliphatic imine (C=N–C) groups is 1. The summed E-state index contributed by atoms with van der Waals surface area (Å²) in [7, 11) is 0. The molecule has 4 atom stereocenters. The Morgan fingerprint density at radius 3 is 2.25 bits per heavy atom. The first-order valence-corrected chi connectivity index (χ1v) is 11.1. The summed E-state index contributed by atoms with van der Waals surface area (Å²) in [5.41, 5.74) is 22.0. The summed E-state index contributed by atoms with van der Waals surface area (Å²) >= 11 is 0. The van der Waals surface area contributed by atoms with Gasteiger partial charge in [0.25, 0.3) is 0 Å². The molecule has 1 aromatic rings. The molecule has 0 aliphatic carbocycles. The number of nitrogens with zero attached hydrogens (tertiary/aromatic N) is 2. The van der Waals surface area contributed by atoms with Gasteiger partial charge >= 0.3 is 5.97 Å². The van der Waals surface area contributed by atoms with E-state index in [1.807, 2.05) is 0 Å². The normalized spacial score (nSPS) is 13.9. The molecule has 36 heavy (non-hydrogen) atoms. The first kappa shape index (κ1) is 29.8. The van der Waals surface area contributed by atoms with Crippen molar-refractivity contribution in [1.82, 2.24) is 25.9 Å². The molecule has 0 fully saturated rings. The monoisotopic (exact) mass is 510 g/mol. The fourth-order valence-electron chi connectivity index (χ4n) is 2.98. The van der Waals surface area contributed by atoms with Gasteiger partial charge in [-0.2, -0.15) is 0 Å². The Hall–Kier alpha value is -4.21. The number of aliphatic carboxylic acids is 1. The number of carboxylic acids is 1. The number of carbonyl (C=O) groups excluding carboxylic acids is 4. The van der Waals surface area contributed by atoms with Crippen molar-refractivity contribution in [2.75, 3.05) is 6.54 Å². The smallest absolute Gasteiger partial charge is 0.326 e. The second-order valence-electron chi connectivity index (χ2n) is 8.03. The SMILES string of the molecule is CC(NC(=O)C(CCC(N)=O)NC(=O)C(N)CCCN=C(N)N)C(=O)NC(Cc1cnc[nH]1)C(=O)O. The van der Waals surface area contributed by atoms with E-state index < -0.39 is 53.8 Å². The molecule has 0 radical (unpaired) electrons. The number of nitrogens with two attached hydrogens (primary N) is 4. The number of primary amides is 1. The Labute approximate surface area is 207 Å². The van der Waals surface area contributed by atoms with E-state index in [1.165, 1.54) is 19.4 Å². The molecule has 1 heterocycles. The largest absolute Gasteiger partial charge is 0.480 e. The average Bonchev–Trinajstić information content (AvgIpc) is 3.31. The van der Waals surface area contributed by atoms with E-state index in [1.54, 1.807) is 0 Å². The van der Waals surface area contributed by atoms with Crippen LogP contribution in [0.5, 0.6) is 0 Å². The van der Waals surface area contributed by atoms with Gasteiger partial charge in [0.15, 0.2) is 5.96 Å². The summed E-state index contributed by atoms with van der Waals surface area (Å²) in [6.07, 6.45) is 3.01. The van der Waals surface area contributed by atoms with Crippen LogP contribution in [0.3, 0.4) is 0 Å². The summed E-state index contributed by atoms with van der Waals surface area (Å²) in [5, 5.41) is 16.6. The van der Waals surface area contributed by atoms with E-state index in [-0.39, 0.29) is 38.2 Å². The molecule has 0 aliphatic heterocycles. The Kier molecular flexibility index (Phi) is 12.4. The number of aromatic amines is 1. The van der Waals surface area contributed by atoms with Crippen molar-refractivity contribution in [3.63, 3.8) is 0 Å². The lowest BCUT2D eigenvalue weighted by atomic mass is 10.1. The highest BCUT2D eigenvalue weighted by molar-refractivity contribution is 5.94. The number of nitrogens with one attached hydrogen (secondary N) is 4. The first-order valence-electron chi connectivity index (χ1n) is 11.1. The highest BCUT2D eigenvalue weighted by Gasteiger charge is 2.28. The molecule has 200 valence electrons. The fourth-order valence-corrected chi connectivity index (χ4v) is 2.98. The minimum atomic E-state index is -1.28. The van der Waals surface area contributed by atoms with E-state index in [9.17, 15) is 29.1 Å². The zero-order chi connectivity index (χ0) is 27.3. The van der Waals surface area contributed by atoms with Gasteiger partial charge in [-0.15, -0.1) is 0 Å². The van der Waals surface area contributed by atoms with Crippen LogP contribution in [0.4, 0.5) is 0 Å². The molecule has 0 saturated carbocycles. The van der Waals surface area contributed by atoms with Crippen LogP contribution in [0.15, 0.2) is 17.5 Å². The highest BCUT2D eigenvalue weighted by Crippen LogP contribution is 2.03. The number of carbonyl (C=O) groups is 5. The standard InChI is InChI=1S/C20H34N10O6/c1-10(16(32)30-14(19(35)36)7-11-8-25-9-27-11)28-18(34)13(4-5-15(22)31)29-17(33)12(21)3-2-6-26-20(23)24/h8-10,12-14H,2-7,21H2,1H3,(H2,22,31)(H,25,27)(H,28,34)(H,29,33)(H,30,32)(H,35,36)(H4,23,24,26). The molecule has 0 spiro atoms. The lowest BCUT2D eigenvalue weighted by Crippen LogP contribution is -2.56. The zero-order valence-electron chi connectivity index (χ0n) is 19.9. The number of rotatable bonds is 16. The summed E-state index contributed by atoms with van der Waals surface area (Å²) in [6.45, 7) is 1.60.